The van der Waals surface area contributed by atoms with E-state index < -0.39 is 0 Å². The van der Waals surface area contributed by atoms with Gasteiger partial charge in [0.05, 0.1) is 13.2 Å². The van der Waals surface area contributed by atoms with Crippen LogP contribution in [0.1, 0.15) is 30.5 Å². The van der Waals surface area contributed by atoms with Crippen LogP contribution in [-0.4, -0.2) is 30.6 Å². The SMILES string of the molecule is CCNC(=NCc1coc(-c2ccccc2)n1)NCC1CCOc2ccccc21.I. The number of halogens is 1. The van der Waals surface area contributed by atoms with Gasteiger partial charge in [-0.1, -0.05) is 36.4 Å². The summed E-state index contributed by atoms with van der Waals surface area (Å²) >= 11 is 0. The third kappa shape index (κ3) is 5.53. The Morgan fingerprint density at radius 1 is 1.10 bits per heavy atom. The number of benzene rings is 2. The number of nitrogens with one attached hydrogen (secondary N) is 2. The van der Waals surface area contributed by atoms with Gasteiger partial charge in [-0.05, 0) is 37.1 Å². The van der Waals surface area contributed by atoms with Crippen molar-refractivity contribution in [3.8, 4) is 17.2 Å². The predicted molar refractivity (Wildman–Crippen MR) is 129 cm³/mol. The summed E-state index contributed by atoms with van der Waals surface area (Å²) in [6, 6.07) is 18.1. The third-order valence-electron chi connectivity index (χ3n) is 4.91. The van der Waals surface area contributed by atoms with Gasteiger partial charge in [0.2, 0.25) is 5.89 Å². The summed E-state index contributed by atoms with van der Waals surface area (Å²) in [6.45, 7) is 4.86. The average molecular weight is 518 g/mol. The van der Waals surface area contributed by atoms with E-state index in [-0.39, 0.29) is 24.0 Å². The number of nitrogens with zero attached hydrogens (tertiary/aromatic N) is 2. The number of ether oxygens (including phenoxy) is 1. The second-order valence-corrected chi connectivity index (χ2v) is 6.96. The second-order valence-electron chi connectivity index (χ2n) is 6.96. The molecule has 0 amide bonds. The Kier molecular flexibility index (Phi) is 8.12. The van der Waals surface area contributed by atoms with Gasteiger partial charge in [-0.2, -0.15) is 0 Å². The molecule has 0 spiro atoms. The summed E-state index contributed by atoms with van der Waals surface area (Å²) in [4.78, 5) is 9.22. The molecule has 0 saturated carbocycles. The molecule has 2 aromatic carbocycles. The molecule has 2 N–H and O–H groups in total. The maximum Gasteiger partial charge on any atom is 0.226 e. The highest BCUT2D eigenvalue weighted by molar-refractivity contribution is 14.0. The van der Waals surface area contributed by atoms with Crippen molar-refractivity contribution in [2.75, 3.05) is 19.7 Å². The molecule has 2 heterocycles. The highest BCUT2D eigenvalue weighted by Crippen LogP contribution is 2.32. The van der Waals surface area contributed by atoms with Crippen molar-refractivity contribution in [2.45, 2.75) is 25.8 Å². The Balaban J connectivity index is 0.00000256. The van der Waals surface area contributed by atoms with Gasteiger partial charge in [-0.3, -0.25) is 0 Å². The predicted octanol–water partition coefficient (Wildman–Crippen LogP) is 4.58. The van der Waals surface area contributed by atoms with E-state index in [1.54, 1.807) is 6.26 Å². The average Bonchev–Trinajstić information content (AvgIpc) is 3.25. The van der Waals surface area contributed by atoms with E-state index in [0.29, 0.717) is 18.4 Å². The number of rotatable bonds is 6. The summed E-state index contributed by atoms with van der Waals surface area (Å²) in [6.07, 6.45) is 2.66. The second kappa shape index (κ2) is 11.0. The van der Waals surface area contributed by atoms with Crippen LogP contribution in [0, 0.1) is 0 Å². The highest BCUT2D eigenvalue weighted by Gasteiger charge is 2.21. The molecule has 3 aromatic rings. The van der Waals surface area contributed by atoms with Gasteiger partial charge in [0.15, 0.2) is 5.96 Å². The lowest BCUT2D eigenvalue weighted by Crippen LogP contribution is -2.40. The first-order valence-corrected chi connectivity index (χ1v) is 10.1. The molecule has 0 saturated heterocycles. The lowest BCUT2D eigenvalue weighted by atomic mass is 9.93. The number of para-hydroxylation sites is 1. The van der Waals surface area contributed by atoms with Crippen molar-refractivity contribution in [1.29, 1.82) is 0 Å². The molecular weight excluding hydrogens is 491 g/mol. The number of hydrogen-bond acceptors (Lipinski definition) is 4. The molecule has 4 rings (SSSR count). The summed E-state index contributed by atoms with van der Waals surface area (Å²) in [5, 5.41) is 6.77. The minimum atomic E-state index is 0. The maximum absolute atomic E-state index is 5.76. The zero-order valence-electron chi connectivity index (χ0n) is 17.0. The first-order valence-electron chi connectivity index (χ1n) is 10.1. The van der Waals surface area contributed by atoms with Crippen LogP contribution in [0.25, 0.3) is 11.5 Å². The number of aromatic nitrogens is 1. The van der Waals surface area contributed by atoms with E-state index in [4.69, 9.17) is 9.15 Å². The van der Waals surface area contributed by atoms with Gasteiger partial charge >= 0.3 is 0 Å². The van der Waals surface area contributed by atoms with Gasteiger partial charge in [-0.25, -0.2) is 9.98 Å². The van der Waals surface area contributed by atoms with Crippen LogP contribution in [0.4, 0.5) is 0 Å². The molecule has 1 aliphatic heterocycles. The molecule has 0 radical (unpaired) electrons. The van der Waals surface area contributed by atoms with Crippen molar-refractivity contribution in [2.24, 2.45) is 4.99 Å². The van der Waals surface area contributed by atoms with Crippen LogP contribution in [0.5, 0.6) is 5.75 Å². The molecule has 1 aromatic heterocycles. The number of fused-ring (bicyclic) bond motifs is 1. The molecule has 30 heavy (non-hydrogen) atoms. The van der Waals surface area contributed by atoms with E-state index in [1.807, 2.05) is 42.5 Å². The summed E-state index contributed by atoms with van der Waals surface area (Å²) in [7, 11) is 0. The first-order chi connectivity index (χ1) is 14.3. The van der Waals surface area contributed by atoms with Gasteiger partial charge in [0.25, 0.3) is 0 Å². The molecule has 0 fully saturated rings. The van der Waals surface area contributed by atoms with Gasteiger partial charge < -0.3 is 19.8 Å². The van der Waals surface area contributed by atoms with Crippen LogP contribution in [0.2, 0.25) is 0 Å². The summed E-state index contributed by atoms with van der Waals surface area (Å²) in [5.74, 6) is 2.79. The van der Waals surface area contributed by atoms with E-state index >= 15 is 0 Å². The third-order valence-corrected chi connectivity index (χ3v) is 4.91. The fourth-order valence-corrected chi connectivity index (χ4v) is 3.44. The maximum atomic E-state index is 5.76. The smallest absolute Gasteiger partial charge is 0.226 e. The zero-order valence-corrected chi connectivity index (χ0v) is 19.3. The van der Waals surface area contributed by atoms with E-state index in [2.05, 4.69) is 39.7 Å². The van der Waals surface area contributed by atoms with Crippen molar-refractivity contribution in [3.05, 3.63) is 72.1 Å². The first kappa shape index (κ1) is 22.1. The van der Waals surface area contributed by atoms with E-state index in [1.165, 1.54) is 5.56 Å². The van der Waals surface area contributed by atoms with Crippen LogP contribution >= 0.6 is 24.0 Å². The van der Waals surface area contributed by atoms with E-state index in [9.17, 15) is 0 Å². The Bertz CT molecular complexity index is 959. The molecule has 7 heteroatoms. The Hall–Kier alpha value is -2.55. The van der Waals surface area contributed by atoms with Gasteiger partial charge in [0, 0.05) is 24.6 Å². The van der Waals surface area contributed by atoms with Gasteiger partial charge in [-0.15, -0.1) is 24.0 Å². The monoisotopic (exact) mass is 518 g/mol. The van der Waals surface area contributed by atoms with Crippen molar-refractivity contribution in [3.63, 3.8) is 0 Å². The quantitative estimate of drug-likeness (QED) is 0.284. The topological polar surface area (TPSA) is 71.7 Å². The van der Waals surface area contributed by atoms with Crippen molar-refractivity contribution >= 4 is 29.9 Å². The molecular formula is C23H27IN4O2. The minimum absolute atomic E-state index is 0. The van der Waals surface area contributed by atoms with E-state index in [0.717, 1.165) is 49.1 Å². The fraction of sp³-hybridized carbons (Fsp3) is 0.304. The van der Waals surface area contributed by atoms with Crippen LogP contribution in [0.3, 0.4) is 0 Å². The molecule has 1 atom stereocenters. The lowest BCUT2D eigenvalue weighted by Gasteiger charge is -2.26. The molecule has 0 aliphatic carbocycles. The molecule has 6 nitrogen and oxygen atoms in total. The number of guanidine groups is 1. The standard InChI is InChI=1S/C23H26N4O2.HI/c1-2-24-23(25-14-18-12-13-28-21-11-7-6-10-20(18)21)26-15-19-16-29-22(27-19)17-8-4-3-5-9-17;/h3-11,16,18H,2,12-15H2,1H3,(H2,24,25,26);1H. The molecule has 1 unspecified atom stereocenters. The van der Waals surface area contributed by atoms with Crippen LogP contribution in [-0.2, 0) is 6.54 Å². The van der Waals surface area contributed by atoms with Gasteiger partial charge in [0.1, 0.15) is 17.7 Å². The Morgan fingerprint density at radius 2 is 1.90 bits per heavy atom. The molecule has 158 valence electrons. The fourth-order valence-electron chi connectivity index (χ4n) is 3.44. The van der Waals surface area contributed by atoms with Crippen molar-refractivity contribution < 1.29 is 9.15 Å². The normalized spacial score (nSPS) is 15.5. The molecule has 0 bridgehead atoms. The highest BCUT2D eigenvalue weighted by atomic mass is 127. The summed E-state index contributed by atoms with van der Waals surface area (Å²) < 4.78 is 11.4. The lowest BCUT2D eigenvalue weighted by molar-refractivity contribution is 0.267. The number of oxazole rings is 1. The number of aliphatic imine (C=N–C) groups is 1. The summed E-state index contributed by atoms with van der Waals surface area (Å²) in [5.41, 5.74) is 3.02. The zero-order chi connectivity index (χ0) is 19.9. The van der Waals surface area contributed by atoms with Crippen LogP contribution in [0.15, 0.2) is 70.3 Å². The number of hydrogen-bond donors (Lipinski definition) is 2. The Labute approximate surface area is 194 Å². The van der Waals surface area contributed by atoms with Crippen molar-refractivity contribution in [1.82, 2.24) is 15.6 Å². The largest absolute Gasteiger partial charge is 0.493 e. The minimum Gasteiger partial charge on any atom is -0.493 e. The van der Waals surface area contributed by atoms with Crippen LogP contribution < -0.4 is 15.4 Å². The Morgan fingerprint density at radius 3 is 2.73 bits per heavy atom. The molecule has 1 aliphatic rings.